The SMILES string of the molecule is O=C(C1CNNC1c1ccc(Cl)cc1)N1CCN(S(=O)(=O)c2c[nH]c3ncccc23)CC1. The van der Waals surface area contributed by atoms with E-state index in [1.165, 1.54) is 10.5 Å². The Balaban J connectivity index is 1.28. The number of aromatic amines is 1. The largest absolute Gasteiger partial charge is 0.345 e. The first-order chi connectivity index (χ1) is 15.4. The van der Waals surface area contributed by atoms with Crippen LogP contribution >= 0.6 is 11.6 Å². The van der Waals surface area contributed by atoms with Gasteiger partial charge < -0.3 is 9.88 Å². The number of hydrogen-bond donors (Lipinski definition) is 3. The second-order valence-corrected chi connectivity index (χ2v) is 10.3. The molecule has 5 rings (SSSR count). The maximum absolute atomic E-state index is 13.2. The summed E-state index contributed by atoms with van der Waals surface area (Å²) >= 11 is 5.99. The molecular formula is C21H23ClN6O3S. The second kappa shape index (κ2) is 8.45. The molecule has 3 aromatic rings. The van der Waals surface area contributed by atoms with E-state index >= 15 is 0 Å². The summed E-state index contributed by atoms with van der Waals surface area (Å²) in [5.41, 5.74) is 7.77. The summed E-state index contributed by atoms with van der Waals surface area (Å²) in [7, 11) is -3.68. The molecule has 0 saturated carbocycles. The summed E-state index contributed by atoms with van der Waals surface area (Å²) in [6.07, 6.45) is 3.10. The van der Waals surface area contributed by atoms with Crippen molar-refractivity contribution < 1.29 is 13.2 Å². The highest BCUT2D eigenvalue weighted by atomic mass is 35.5. The number of carbonyl (C=O) groups is 1. The molecule has 9 nitrogen and oxygen atoms in total. The average molecular weight is 475 g/mol. The standard InChI is InChI=1S/C21H23ClN6O3S/c22-15-5-3-14(4-6-15)19-17(12-25-26-19)21(29)27-8-10-28(11-9-27)32(30,31)18-13-24-20-16(18)2-1-7-23-20/h1-7,13,17,19,25-26H,8-12H2,(H,23,24). The molecule has 4 heterocycles. The summed E-state index contributed by atoms with van der Waals surface area (Å²) in [6.45, 7) is 1.71. The number of amides is 1. The topological polar surface area (TPSA) is 110 Å². The van der Waals surface area contributed by atoms with E-state index in [1.807, 2.05) is 24.3 Å². The number of benzene rings is 1. The number of nitrogens with one attached hydrogen (secondary N) is 3. The molecule has 11 heteroatoms. The van der Waals surface area contributed by atoms with Crippen LogP contribution in [0.5, 0.6) is 0 Å². The number of pyridine rings is 1. The van der Waals surface area contributed by atoms with E-state index in [0.29, 0.717) is 35.7 Å². The van der Waals surface area contributed by atoms with E-state index in [1.54, 1.807) is 23.2 Å². The van der Waals surface area contributed by atoms with Crippen LogP contribution in [0.25, 0.3) is 11.0 Å². The van der Waals surface area contributed by atoms with Gasteiger partial charge in [-0.25, -0.2) is 18.8 Å². The molecule has 1 aromatic carbocycles. The summed E-state index contributed by atoms with van der Waals surface area (Å²) in [5, 5.41) is 1.21. The lowest BCUT2D eigenvalue weighted by molar-refractivity contribution is -0.136. The summed E-state index contributed by atoms with van der Waals surface area (Å²) in [4.78, 5) is 22.3. The van der Waals surface area contributed by atoms with Crippen LogP contribution in [0.15, 0.2) is 53.7 Å². The van der Waals surface area contributed by atoms with Crippen molar-refractivity contribution in [3.63, 3.8) is 0 Å². The van der Waals surface area contributed by atoms with Gasteiger partial charge in [-0.05, 0) is 29.8 Å². The molecule has 2 unspecified atom stereocenters. The molecule has 0 radical (unpaired) electrons. The highest BCUT2D eigenvalue weighted by molar-refractivity contribution is 7.89. The van der Waals surface area contributed by atoms with E-state index in [-0.39, 0.29) is 35.9 Å². The number of hydrogen-bond acceptors (Lipinski definition) is 6. The Hall–Kier alpha value is -2.50. The van der Waals surface area contributed by atoms with Gasteiger partial charge in [0.2, 0.25) is 15.9 Å². The smallest absolute Gasteiger partial charge is 0.245 e. The summed E-state index contributed by atoms with van der Waals surface area (Å²) in [5.74, 6) is -0.269. The molecule has 1 amide bonds. The molecule has 2 aliphatic rings. The van der Waals surface area contributed by atoms with Gasteiger partial charge in [0.1, 0.15) is 10.5 Å². The number of sulfonamides is 1. The van der Waals surface area contributed by atoms with Gasteiger partial charge in [0.15, 0.2) is 0 Å². The Bertz CT molecular complexity index is 1240. The highest BCUT2D eigenvalue weighted by Gasteiger charge is 2.39. The van der Waals surface area contributed by atoms with Crippen molar-refractivity contribution in [2.24, 2.45) is 5.92 Å². The number of aromatic nitrogens is 2. The number of carbonyl (C=O) groups excluding carboxylic acids is 1. The molecule has 0 aliphatic carbocycles. The number of fused-ring (bicyclic) bond motifs is 1. The summed E-state index contributed by atoms with van der Waals surface area (Å²) < 4.78 is 27.8. The monoisotopic (exact) mass is 474 g/mol. The first kappa shape index (κ1) is 21.4. The van der Waals surface area contributed by atoms with Gasteiger partial charge in [-0.1, -0.05) is 23.7 Å². The number of nitrogens with zero attached hydrogens (tertiary/aromatic N) is 3. The van der Waals surface area contributed by atoms with E-state index in [2.05, 4.69) is 20.8 Å². The van der Waals surface area contributed by atoms with E-state index in [0.717, 1.165) is 5.56 Å². The van der Waals surface area contributed by atoms with E-state index in [9.17, 15) is 13.2 Å². The fraction of sp³-hybridized carbons (Fsp3) is 0.333. The minimum Gasteiger partial charge on any atom is -0.345 e. The zero-order valence-corrected chi connectivity index (χ0v) is 18.7. The molecule has 2 atom stereocenters. The highest BCUT2D eigenvalue weighted by Crippen LogP contribution is 2.29. The number of rotatable bonds is 4. The predicted molar refractivity (Wildman–Crippen MR) is 120 cm³/mol. The molecular weight excluding hydrogens is 452 g/mol. The van der Waals surface area contributed by atoms with Gasteiger partial charge in [-0.15, -0.1) is 0 Å². The van der Waals surface area contributed by atoms with E-state index < -0.39 is 10.0 Å². The van der Waals surface area contributed by atoms with Crippen LogP contribution in [0.4, 0.5) is 0 Å². The predicted octanol–water partition coefficient (Wildman–Crippen LogP) is 1.51. The summed E-state index contributed by atoms with van der Waals surface area (Å²) in [6, 6.07) is 10.7. The second-order valence-electron chi connectivity index (χ2n) is 7.94. The number of H-pyrrole nitrogens is 1. The fourth-order valence-electron chi connectivity index (χ4n) is 4.38. The first-order valence-corrected chi connectivity index (χ1v) is 12.2. The third-order valence-electron chi connectivity index (χ3n) is 6.11. The Morgan fingerprint density at radius 2 is 1.84 bits per heavy atom. The van der Waals surface area contributed by atoms with Gasteiger partial charge in [0.25, 0.3) is 0 Å². The third-order valence-corrected chi connectivity index (χ3v) is 8.30. The fourth-order valence-corrected chi connectivity index (χ4v) is 6.08. The minimum absolute atomic E-state index is 0.00999. The van der Waals surface area contributed by atoms with Crippen molar-refractivity contribution in [1.29, 1.82) is 0 Å². The maximum Gasteiger partial charge on any atom is 0.245 e. The van der Waals surface area contributed by atoms with Crippen LogP contribution in [0.1, 0.15) is 11.6 Å². The molecule has 3 N–H and O–H groups in total. The van der Waals surface area contributed by atoms with Crippen molar-refractivity contribution in [3.8, 4) is 0 Å². The minimum atomic E-state index is -3.68. The van der Waals surface area contributed by atoms with Crippen LogP contribution in [-0.4, -0.2) is 66.2 Å². The number of halogens is 1. The van der Waals surface area contributed by atoms with Crippen molar-refractivity contribution in [2.75, 3.05) is 32.7 Å². The van der Waals surface area contributed by atoms with Crippen molar-refractivity contribution >= 4 is 38.6 Å². The van der Waals surface area contributed by atoms with Crippen LogP contribution in [0, 0.1) is 5.92 Å². The Morgan fingerprint density at radius 3 is 2.59 bits per heavy atom. The molecule has 0 spiro atoms. The van der Waals surface area contributed by atoms with Gasteiger partial charge in [-0.2, -0.15) is 4.31 Å². The lowest BCUT2D eigenvalue weighted by Crippen LogP contribution is -2.52. The Morgan fingerprint density at radius 1 is 1.09 bits per heavy atom. The van der Waals surface area contributed by atoms with Crippen molar-refractivity contribution in [1.82, 2.24) is 30.0 Å². The van der Waals surface area contributed by atoms with Gasteiger partial charge in [0, 0.05) is 55.5 Å². The molecule has 2 saturated heterocycles. The van der Waals surface area contributed by atoms with Crippen LogP contribution in [0.2, 0.25) is 5.02 Å². The van der Waals surface area contributed by atoms with Gasteiger partial charge in [-0.3, -0.25) is 10.2 Å². The molecule has 2 fully saturated rings. The third kappa shape index (κ3) is 3.78. The van der Waals surface area contributed by atoms with Crippen LogP contribution in [0.3, 0.4) is 0 Å². The number of hydrazine groups is 1. The molecule has 0 bridgehead atoms. The van der Waals surface area contributed by atoms with Crippen LogP contribution < -0.4 is 10.9 Å². The zero-order chi connectivity index (χ0) is 22.3. The maximum atomic E-state index is 13.2. The lowest BCUT2D eigenvalue weighted by atomic mass is 9.93. The van der Waals surface area contributed by atoms with E-state index in [4.69, 9.17) is 11.6 Å². The zero-order valence-electron chi connectivity index (χ0n) is 17.2. The van der Waals surface area contributed by atoms with Crippen molar-refractivity contribution in [3.05, 3.63) is 59.4 Å². The molecule has 2 aliphatic heterocycles. The average Bonchev–Trinajstić information content (AvgIpc) is 3.47. The van der Waals surface area contributed by atoms with Crippen molar-refractivity contribution in [2.45, 2.75) is 10.9 Å². The Kier molecular flexibility index (Phi) is 5.64. The molecule has 32 heavy (non-hydrogen) atoms. The molecule has 2 aromatic heterocycles. The normalized spacial score (nSPS) is 22.5. The van der Waals surface area contributed by atoms with Gasteiger partial charge in [0.05, 0.1) is 12.0 Å². The van der Waals surface area contributed by atoms with Gasteiger partial charge >= 0.3 is 0 Å². The molecule has 168 valence electrons. The quantitative estimate of drug-likeness (QED) is 0.528. The lowest BCUT2D eigenvalue weighted by Gasteiger charge is -2.35. The van der Waals surface area contributed by atoms with Crippen LogP contribution in [-0.2, 0) is 14.8 Å². The Labute approximate surface area is 190 Å². The first-order valence-electron chi connectivity index (χ1n) is 10.4. The number of piperazine rings is 1.